The van der Waals surface area contributed by atoms with Crippen LogP contribution in [-0.4, -0.2) is 51.6 Å². The topological polar surface area (TPSA) is 96.4 Å². The third-order valence-corrected chi connectivity index (χ3v) is 9.30. The van der Waals surface area contributed by atoms with E-state index in [4.69, 9.17) is 21.4 Å². The number of rotatable bonds is 8. The highest BCUT2D eigenvalue weighted by atomic mass is 35.5. The number of fused-ring (bicyclic) bond motifs is 1. The smallest absolute Gasteiger partial charge is 0.486 e. The van der Waals surface area contributed by atoms with Gasteiger partial charge in [0.1, 0.15) is 17.6 Å². The molecular weight excluding hydrogens is 642 g/mol. The van der Waals surface area contributed by atoms with Crippen molar-refractivity contribution < 1.29 is 54.1 Å². The van der Waals surface area contributed by atoms with Gasteiger partial charge in [0, 0.05) is 41.7 Å². The number of sulfonamides is 1. The summed E-state index contributed by atoms with van der Waals surface area (Å²) in [5.41, 5.74) is -0.529. The molecule has 236 valence electrons. The van der Waals surface area contributed by atoms with Gasteiger partial charge in [-0.3, -0.25) is 9.10 Å². The lowest BCUT2D eigenvalue weighted by molar-refractivity contribution is -0.275. The Balaban J connectivity index is 1.46. The van der Waals surface area contributed by atoms with Crippen molar-refractivity contribution in [3.63, 3.8) is 0 Å². The first kappa shape index (κ1) is 31.6. The zero-order valence-corrected chi connectivity index (χ0v) is 24.0. The Morgan fingerprint density at radius 2 is 1.70 bits per heavy atom. The Kier molecular flexibility index (Phi) is 8.31. The maximum absolute atomic E-state index is 13.8. The second-order valence-electron chi connectivity index (χ2n) is 10.2. The van der Waals surface area contributed by atoms with Crippen LogP contribution in [-0.2, 0) is 21.0 Å². The van der Waals surface area contributed by atoms with Crippen molar-refractivity contribution in [2.75, 3.05) is 28.8 Å². The number of hydrogen-bond donors (Lipinski definition) is 1. The standard InChI is InChI=1S/C28H23ClF6N2O6S/c29-21-5-2-6-24(43-28(33,34)35)26(21)16-13-36(14-16)18-7-9-23-22(12-18)37(15-19(42-23)8-10-25(38)39)44(40,41)20-4-1-3-17(11-20)27(30,31)32/h1-7,9,11-12,16,19H,8,10,13-15H2,(H,38,39). The molecule has 3 aromatic rings. The zero-order valence-electron chi connectivity index (χ0n) is 22.4. The van der Waals surface area contributed by atoms with Crippen molar-refractivity contribution >= 4 is 39.0 Å². The maximum atomic E-state index is 13.8. The van der Waals surface area contributed by atoms with Crippen molar-refractivity contribution in [2.45, 2.75) is 42.3 Å². The molecule has 0 spiro atoms. The highest BCUT2D eigenvalue weighted by Crippen LogP contribution is 2.45. The lowest BCUT2D eigenvalue weighted by Gasteiger charge is -2.43. The molecule has 0 aliphatic carbocycles. The summed E-state index contributed by atoms with van der Waals surface area (Å²) in [7, 11) is -4.60. The van der Waals surface area contributed by atoms with Crippen LogP contribution in [0.5, 0.6) is 11.5 Å². The molecule has 0 saturated carbocycles. The van der Waals surface area contributed by atoms with Crippen LogP contribution in [0.15, 0.2) is 65.6 Å². The molecule has 0 bridgehead atoms. The number of carboxylic acid groups (broad SMARTS) is 1. The third-order valence-electron chi connectivity index (χ3n) is 7.20. The van der Waals surface area contributed by atoms with E-state index in [0.717, 1.165) is 28.6 Å². The van der Waals surface area contributed by atoms with Crippen LogP contribution in [0.3, 0.4) is 0 Å². The number of hydrogen-bond acceptors (Lipinski definition) is 6. The molecule has 2 aliphatic rings. The summed E-state index contributed by atoms with van der Waals surface area (Å²) in [4.78, 5) is 12.3. The molecule has 0 radical (unpaired) electrons. The second-order valence-corrected chi connectivity index (χ2v) is 12.5. The van der Waals surface area contributed by atoms with E-state index in [9.17, 15) is 39.6 Å². The molecule has 16 heteroatoms. The summed E-state index contributed by atoms with van der Waals surface area (Å²) < 4.78 is 117. The van der Waals surface area contributed by atoms with E-state index >= 15 is 0 Å². The second kappa shape index (κ2) is 11.6. The minimum absolute atomic E-state index is 0.00812. The molecule has 0 amide bonds. The number of nitrogens with zero attached hydrogens (tertiary/aromatic N) is 2. The Labute approximate surface area is 252 Å². The van der Waals surface area contributed by atoms with Crippen molar-refractivity contribution in [1.29, 1.82) is 0 Å². The van der Waals surface area contributed by atoms with Crippen molar-refractivity contribution in [3.05, 3.63) is 76.8 Å². The van der Waals surface area contributed by atoms with Crippen LogP contribution >= 0.6 is 11.6 Å². The molecule has 1 fully saturated rings. The quantitative estimate of drug-likeness (QED) is 0.268. The normalized spacial score (nSPS) is 17.5. The summed E-state index contributed by atoms with van der Waals surface area (Å²) in [5, 5.41) is 9.19. The molecule has 1 saturated heterocycles. The fraction of sp³-hybridized carbons (Fsp3) is 0.321. The lowest BCUT2D eigenvalue weighted by Crippen LogP contribution is -2.46. The van der Waals surface area contributed by atoms with Gasteiger partial charge in [0.25, 0.3) is 10.0 Å². The van der Waals surface area contributed by atoms with Gasteiger partial charge in [-0.2, -0.15) is 13.2 Å². The van der Waals surface area contributed by atoms with Crippen LogP contribution in [0.2, 0.25) is 5.02 Å². The molecule has 3 aromatic carbocycles. The first-order valence-electron chi connectivity index (χ1n) is 13.0. The van der Waals surface area contributed by atoms with Crippen LogP contribution in [0.4, 0.5) is 37.7 Å². The minimum Gasteiger partial charge on any atom is -0.486 e. The number of anilines is 2. The number of carboxylic acids is 1. The number of aliphatic carboxylic acids is 1. The summed E-state index contributed by atoms with van der Waals surface area (Å²) in [6.45, 7) is 0.0150. The van der Waals surface area contributed by atoms with Crippen molar-refractivity contribution in [2.24, 2.45) is 0 Å². The predicted octanol–water partition coefficient (Wildman–Crippen LogP) is 6.68. The largest absolute Gasteiger partial charge is 0.573 e. The molecule has 2 aliphatic heterocycles. The SMILES string of the molecule is O=C(O)CCC1CN(S(=O)(=O)c2cccc(C(F)(F)F)c2)c2cc(N3CC(c4c(Cl)cccc4OC(F)(F)F)C3)ccc2O1. The Bertz CT molecular complexity index is 1680. The van der Waals surface area contributed by atoms with E-state index < -0.39 is 56.8 Å². The molecule has 1 unspecified atom stereocenters. The minimum atomic E-state index is -4.93. The summed E-state index contributed by atoms with van der Waals surface area (Å²) >= 11 is 6.22. The molecule has 1 N–H and O–H groups in total. The van der Waals surface area contributed by atoms with Gasteiger partial charge >= 0.3 is 18.5 Å². The molecule has 2 heterocycles. The zero-order chi connectivity index (χ0) is 32.0. The fourth-order valence-corrected chi connectivity index (χ4v) is 6.98. The molecule has 1 atom stereocenters. The molecule has 5 rings (SSSR count). The monoisotopic (exact) mass is 664 g/mol. The van der Waals surface area contributed by atoms with Gasteiger partial charge in [0.15, 0.2) is 0 Å². The van der Waals surface area contributed by atoms with Gasteiger partial charge in [0.2, 0.25) is 0 Å². The average Bonchev–Trinajstić information content (AvgIpc) is 2.91. The van der Waals surface area contributed by atoms with Gasteiger partial charge in [0.05, 0.1) is 22.7 Å². The van der Waals surface area contributed by atoms with Crippen molar-refractivity contribution in [3.8, 4) is 11.5 Å². The predicted molar refractivity (Wildman–Crippen MR) is 147 cm³/mol. The maximum Gasteiger partial charge on any atom is 0.573 e. The number of halogens is 7. The Morgan fingerprint density at radius 3 is 2.36 bits per heavy atom. The highest BCUT2D eigenvalue weighted by Gasteiger charge is 2.40. The van der Waals surface area contributed by atoms with E-state index in [-0.39, 0.29) is 54.5 Å². The van der Waals surface area contributed by atoms with Gasteiger partial charge < -0.3 is 19.5 Å². The third kappa shape index (κ3) is 6.62. The van der Waals surface area contributed by atoms with E-state index in [1.165, 1.54) is 24.3 Å². The number of carbonyl (C=O) groups is 1. The lowest BCUT2D eigenvalue weighted by atomic mass is 9.90. The van der Waals surface area contributed by atoms with Crippen LogP contribution in [0.1, 0.15) is 29.9 Å². The van der Waals surface area contributed by atoms with E-state index in [0.29, 0.717) is 11.8 Å². The summed E-state index contributed by atoms with van der Waals surface area (Å²) in [6.07, 6.45) is -11.1. The van der Waals surface area contributed by atoms with E-state index in [1.54, 1.807) is 11.0 Å². The van der Waals surface area contributed by atoms with Gasteiger partial charge in [-0.1, -0.05) is 23.7 Å². The van der Waals surface area contributed by atoms with Crippen molar-refractivity contribution in [1.82, 2.24) is 0 Å². The Hall–Kier alpha value is -3.85. The van der Waals surface area contributed by atoms with Gasteiger partial charge in [-0.25, -0.2) is 8.42 Å². The molecule has 0 aromatic heterocycles. The fourth-order valence-electron chi connectivity index (χ4n) is 5.12. The number of alkyl halides is 6. The van der Waals surface area contributed by atoms with Gasteiger partial charge in [-0.05, 0) is 55.0 Å². The Morgan fingerprint density at radius 1 is 1.00 bits per heavy atom. The highest BCUT2D eigenvalue weighted by molar-refractivity contribution is 7.92. The van der Waals surface area contributed by atoms with E-state index in [1.807, 2.05) is 0 Å². The van der Waals surface area contributed by atoms with E-state index in [2.05, 4.69) is 4.74 Å². The average molecular weight is 665 g/mol. The first-order chi connectivity index (χ1) is 20.5. The molecular formula is C28H23ClF6N2O6S. The number of benzene rings is 3. The first-order valence-corrected chi connectivity index (χ1v) is 14.9. The van der Waals surface area contributed by atoms with Gasteiger partial charge in [-0.15, -0.1) is 13.2 Å². The van der Waals surface area contributed by atoms with Crippen LogP contribution in [0.25, 0.3) is 0 Å². The van der Waals surface area contributed by atoms with Crippen LogP contribution in [0, 0.1) is 0 Å². The summed E-state index contributed by atoms with van der Waals surface area (Å²) in [5.74, 6) is -1.97. The molecule has 8 nitrogen and oxygen atoms in total. The summed E-state index contributed by atoms with van der Waals surface area (Å²) in [6, 6.07) is 11.7. The van der Waals surface area contributed by atoms with Crippen LogP contribution < -0.4 is 18.7 Å². The number of ether oxygens (including phenoxy) is 2. The molecule has 44 heavy (non-hydrogen) atoms.